The van der Waals surface area contributed by atoms with Crippen LogP contribution in [0.4, 0.5) is 13.6 Å². The van der Waals surface area contributed by atoms with Crippen LogP contribution in [0.5, 0.6) is 5.19 Å². The first-order valence-corrected chi connectivity index (χ1v) is 9.39. The zero-order chi connectivity index (χ0) is 19.6. The molecule has 1 fully saturated rings. The molecule has 0 spiro atoms. The standard InChI is InChI=1S/C17H16ClF2N3O3S/c1-2-26-17-22-7-13(27-17)9(5-12(24)11-6-21-16(25)23-11)8-3-4-10(19)14(18)15(8)20/h3-4,7,9,11H,2,5-6H2,1H3,(H2,21,23,25)/t9?,11-/m0/s1. The number of nitrogens with zero attached hydrogens (tertiary/aromatic N) is 1. The van der Waals surface area contributed by atoms with Gasteiger partial charge in [-0.3, -0.25) is 4.79 Å². The van der Waals surface area contributed by atoms with Crippen molar-refractivity contribution < 1.29 is 23.1 Å². The first-order valence-electron chi connectivity index (χ1n) is 8.19. The van der Waals surface area contributed by atoms with Crippen LogP contribution in [-0.2, 0) is 4.79 Å². The quantitative estimate of drug-likeness (QED) is 0.680. The van der Waals surface area contributed by atoms with Crippen molar-refractivity contribution in [3.8, 4) is 5.19 Å². The van der Waals surface area contributed by atoms with Crippen LogP contribution in [0, 0.1) is 11.6 Å². The van der Waals surface area contributed by atoms with E-state index >= 15 is 0 Å². The number of ketones is 1. The number of carbonyl (C=O) groups is 2. The summed E-state index contributed by atoms with van der Waals surface area (Å²) < 4.78 is 33.5. The van der Waals surface area contributed by atoms with Gasteiger partial charge in [0.1, 0.15) is 22.7 Å². The lowest BCUT2D eigenvalue weighted by molar-refractivity contribution is -0.120. The van der Waals surface area contributed by atoms with E-state index in [0.29, 0.717) is 16.7 Å². The Hall–Kier alpha value is -2.26. The molecule has 3 rings (SSSR count). The van der Waals surface area contributed by atoms with Gasteiger partial charge in [-0.2, -0.15) is 0 Å². The molecular formula is C17H16ClF2N3O3S. The fourth-order valence-corrected chi connectivity index (χ4v) is 3.90. The van der Waals surface area contributed by atoms with Gasteiger partial charge in [0, 0.05) is 30.0 Å². The maximum absolute atomic E-state index is 14.6. The average molecular weight is 416 g/mol. The van der Waals surface area contributed by atoms with E-state index in [9.17, 15) is 18.4 Å². The third-order valence-electron chi connectivity index (χ3n) is 4.12. The fourth-order valence-electron chi connectivity index (χ4n) is 2.79. The second kappa shape index (κ2) is 8.18. The molecule has 2 amide bonds. The molecule has 2 heterocycles. The van der Waals surface area contributed by atoms with Crippen LogP contribution in [-0.4, -0.2) is 36.0 Å². The summed E-state index contributed by atoms with van der Waals surface area (Å²) in [5.74, 6) is -2.83. The molecule has 1 aromatic heterocycles. The molecule has 2 N–H and O–H groups in total. The van der Waals surface area contributed by atoms with Gasteiger partial charge in [0.15, 0.2) is 5.78 Å². The van der Waals surface area contributed by atoms with Gasteiger partial charge in [-0.25, -0.2) is 18.6 Å². The Morgan fingerprint density at radius 2 is 2.26 bits per heavy atom. The Morgan fingerprint density at radius 3 is 2.93 bits per heavy atom. The van der Waals surface area contributed by atoms with Gasteiger partial charge in [0.2, 0.25) is 0 Å². The summed E-state index contributed by atoms with van der Waals surface area (Å²) in [5.41, 5.74) is 0.0822. The van der Waals surface area contributed by atoms with E-state index in [0.717, 1.165) is 6.07 Å². The number of thiazole rings is 1. The van der Waals surface area contributed by atoms with Crippen molar-refractivity contribution in [2.75, 3.05) is 13.2 Å². The van der Waals surface area contributed by atoms with Crippen LogP contribution in [0.1, 0.15) is 29.7 Å². The number of amides is 2. The van der Waals surface area contributed by atoms with Gasteiger partial charge >= 0.3 is 6.03 Å². The molecule has 1 unspecified atom stereocenters. The van der Waals surface area contributed by atoms with Crippen molar-refractivity contribution in [1.29, 1.82) is 0 Å². The summed E-state index contributed by atoms with van der Waals surface area (Å²) >= 11 is 6.89. The van der Waals surface area contributed by atoms with Gasteiger partial charge in [0.05, 0.1) is 6.61 Å². The highest BCUT2D eigenvalue weighted by molar-refractivity contribution is 7.13. The lowest BCUT2D eigenvalue weighted by Gasteiger charge is -2.18. The van der Waals surface area contributed by atoms with E-state index in [-0.39, 0.29) is 24.3 Å². The normalized spacial score (nSPS) is 17.3. The van der Waals surface area contributed by atoms with Crippen LogP contribution in [0.3, 0.4) is 0 Å². The molecule has 0 aliphatic carbocycles. The van der Waals surface area contributed by atoms with Gasteiger partial charge in [0.25, 0.3) is 5.19 Å². The summed E-state index contributed by atoms with van der Waals surface area (Å²) in [6.45, 7) is 2.37. The van der Waals surface area contributed by atoms with Crippen LogP contribution in [0.2, 0.25) is 5.02 Å². The van der Waals surface area contributed by atoms with E-state index in [1.165, 1.54) is 23.6 Å². The number of benzene rings is 1. The van der Waals surface area contributed by atoms with Crippen LogP contribution < -0.4 is 15.4 Å². The Balaban J connectivity index is 1.94. The van der Waals surface area contributed by atoms with Crippen molar-refractivity contribution in [2.24, 2.45) is 0 Å². The van der Waals surface area contributed by atoms with Gasteiger partial charge in [-0.1, -0.05) is 29.0 Å². The zero-order valence-electron chi connectivity index (χ0n) is 14.2. The molecule has 0 saturated carbocycles. The summed E-state index contributed by atoms with van der Waals surface area (Å²) in [5, 5.41) is 4.77. The van der Waals surface area contributed by atoms with Crippen LogP contribution in [0.25, 0.3) is 0 Å². The van der Waals surface area contributed by atoms with E-state index in [1.54, 1.807) is 6.92 Å². The molecule has 2 aromatic rings. The van der Waals surface area contributed by atoms with Gasteiger partial charge in [-0.05, 0) is 18.6 Å². The molecule has 0 radical (unpaired) electrons. The van der Waals surface area contributed by atoms with Gasteiger partial charge < -0.3 is 15.4 Å². The number of ether oxygens (including phenoxy) is 1. The van der Waals surface area contributed by atoms with E-state index in [1.807, 2.05) is 0 Å². The molecule has 10 heteroatoms. The first-order chi connectivity index (χ1) is 12.9. The minimum absolute atomic E-state index is 0.0822. The molecule has 0 bridgehead atoms. The largest absolute Gasteiger partial charge is 0.470 e. The van der Waals surface area contributed by atoms with Crippen molar-refractivity contribution in [3.63, 3.8) is 0 Å². The Bertz CT molecular complexity index is 877. The van der Waals surface area contributed by atoms with Crippen molar-refractivity contribution >= 4 is 34.8 Å². The number of rotatable bonds is 7. The maximum Gasteiger partial charge on any atom is 0.315 e. The molecule has 2 atom stereocenters. The molecule has 1 saturated heterocycles. The molecule has 144 valence electrons. The zero-order valence-corrected chi connectivity index (χ0v) is 15.8. The van der Waals surface area contributed by atoms with Crippen LogP contribution >= 0.6 is 22.9 Å². The Morgan fingerprint density at radius 1 is 1.48 bits per heavy atom. The van der Waals surface area contributed by atoms with Gasteiger partial charge in [-0.15, -0.1) is 0 Å². The Kier molecular flexibility index (Phi) is 5.91. The summed E-state index contributed by atoms with van der Waals surface area (Å²) in [6.07, 6.45) is 1.38. The minimum Gasteiger partial charge on any atom is -0.470 e. The monoisotopic (exact) mass is 415 g/mol. The molecular weight excluding hydrogens is 400 g/mol. The predicted molar refractivity (Wildman–Crippen MR) is 96.4 cm³/mol. The lowest BCUT2D eigenvalue weighted by atomic mass is 9.90. The highest BCUT2D eigenvalue weighted by Gasteiger charge is 2.32. The Labute approximate surface area is 162 Å². The summed E-state index contributed by atoms with van der Waals surface area (Å²) in [6, 6.07) is 1.18. The highest BCUT2D eigenvalue weighted by Crippen LogP contribution is 2.38. The second-order valence-corrected chi connectivity index (χ2v) is 7.26. The van der Waals surface area contributed by atoms with Crippen LogP contribution in [0.15, 0.2) is 18.3 Å². The molecule has 1 aliphatic heterocycles. The predicted octanol–water partition coefficient (Wildman–Crippen LogP) is 3.25. The smallest absolute Gasteiger partial charge is 0.315 e. The third-order valence-corrected chi connectivity index (χ3v) is 5.49. The fraction of sp³-hybridized carbons (Fsp3) is 0.353. The van der Waals surface area contributed by atoms with E-state index in [4.69, 9.17) is 16.3 Å². The number of halogens is 3. The first kappa shape index (κ1) is 19.5. The number of Topliss-reactive ketones (excluding diaryl/α,β-unsaturated/α-hetero) is 1. The molecule has 27 heavy (non-hydrogen) atoms. The number of hydrogen-bond donors (Lipinski definition) is 2. The topological polar surface area (TPSA) is 80.3 Å². The van der Waals surface area contributed by atoms with E-state index < -0.39 is 34.6 Å². The molecule has 1 aliphatic rings. The summed E-state index contributed by atoms with van der Waals surface area (Å²) in [4.78, 5) is 28.6. The number of carbonyl (C=O) groups excluding carboxylic acids is 2. The molecule has 1 aromatic carbocycles. The lowest BCUT2D eigenvalue weighted by Crippen LogP contribution is -2.35. The van der Waals surface area contributed by atoms with Crippen molar-refractivity contribution in [3.05, 3.63) is 45.4 Å². The number of aromatic nitrogens is 1. The minimum atomic E-state index is -0.922. The molecule has 6 nitrogen and oxygen atoms in total. The number of nitrogens with one attached hydrogen (secondary N) is 2. The van der Waals surface area contributed by atoms with Crippen molar-refractivity contribution in [1.82, 2.24) is 15.6 Å². The number of hydrogen-bond acceptors (Lipinski definition) is 5. The third kappa shape index (κ3) is 4.19. The second-order valence-electron chi connectivity index (χ2n) is 5.86. The van der Waals surface area contributed by atoms with E-state index in [2.05, 4.69) is 15.6 Å². The average Bonchev–Trinajstić information content (AvgIpc) is 3.28. The SMILES string of the molecule is CCOc1ncc(C(CC(=O)[C@@H]2CNC(=O)N2)c2ccc(F)c(Cl)c2F)s1. The number of urea groups is 1. The highest BCUT2D eigenvalue weighted by atomic mass is 35.5. The maximum atomic E-state index is 14.6. The summed E-state index contributed by atoms with van der Waals surface area (Å²) in [7, 11) is 0. The van der Waals surface area contributed by atoms with Crippen molar-refractivity contribution in [2.45, 2.75) is 25.3 Å².